The smallest absolute Gasteiger partial charge is 0.269 e. The van der Waals surface area contributed by atoms with Gasteiger partial charge in [0.25, 0.3) is 5.91 Å². The fourth-order valence-corrected chi connectivity index (χ4v) is 4.71. The summed E-state index contributed by atoms with van der Waals surface area (Å²) in [6.07, 6.45) is 1.87. The standard InChI is InChI=1S/C22H20ClN3O3S2/c1-11-3-6-13(9-16(11)25-20(27)12-4-5-12)24-22(30)26-21(28)19-18(23)15-8-7-14(29-2)10-17(15)31-19/h3,6-10,12H,4-5H2,1-2H3,(H,25,27)(H2,24,26,28,30). The Morgan fingerprint density at radius 1 is 1.16 bits per heavy atom. The van der Waals surface area contributed by atoms with Crippen molar-refractivity contribution in [1.29, 1.82) is 0 Å². The summed E-state index contributed by atoms with van der Waals surface area (Å²) in [5.41, 5.74) is 2.33. The van der Waals surface area contributed by atoms with Gasteiger partial charge in [0.1, 0.15) is 10.6 Å². The van der Waals surface area contributed by atoms with Crippen LogP contribution in [0.15, 0.2) is 36.4 Å². The molecule has 2 aromatic carbocycles. The number of carbonyl (C=O) groups excluding carboxylic acids is 2. The fraction of sp³-hybridized carbons (Fsp3) is 0.227. The highest BCUT2D eigenvalue weighted by atomic mass is 35.5. The number of thiophene rings is 1. The highest BCUT2D eigenvalue weighted by molar-refractivity contribution is 7.80. The van der Waals surface area contributed by atoms with E-state index in [1.54, 1.807) is 19.2 Å². The Labute approximate surface area is 193 Å². The second-order valence-electron chi connectivity index (χ2n) is 7.31. The number of amides is 2. The molecule has 2 amide bonds. The highest BCUT2D eigenvalue weighted by Crippen LogP contribution is 2.37. The lowest BCUT2D eigenvalue weighted by Crippen LogP contribution is -2.33. The Morgan fingerprint density at radius 2 is 1.94 bits per heavy atom. The second-order valence-corrected chi connectivity index (χ2v) is 9.15. The topological polar surface area (TPSA) is 79.5 Å². The van der Waals surface area contributed by atoms with Crippen LogP contribution in [0.25, 0.3) is 10.1 Å². The van der Waals surface area contributed by atoms with Gasteiger partial charge in [-0.2, -0.15) is 0 Å². The summed E-state index contributed by atoms with van der Waals surface area (Å²) < 4.78 is 6.08. The molecule has 160 valence electrons. The average molecular weight is 474 g/mol. The van der Waals surface area contributed by atoms with Crippen LogP contribution < -0.4 is 20.7 Å². The van der Waals surface area contributed by atoms with Crippen molar-refractivity contribution >= 4 is 73.5 Å². The molecule has 1 aromatic heterocycles. The van der Waals surface area contributed by atoms with Crippen LogP contribution in [-0.2, 0) is 4.79 Å². The van der Waals surface area contributed by atoms with E-state index >= 15 is 0 Å². The van der Waals surface area contributed by atoms with E-state index in [0.29, 0.717) is 21.3 Å². The van der Waals surface area contributed by atoms with Crippen LogP contribution in [0.3, 0.4) is 0 Å². The summed E-state index contributed by atoms with van der Waals surface area (Å²) in [4.78, 5) is 25.2. The summed E-state index contributed by atoms with van der Waals surface area (Å²) in [5.74, 6) is 0.449. The molecule has 1 aliphatic carbocycles. The lowest BCUT2D eigenvalue weighted by Gasteiger charge is -2.13. The molecule has 0 radical (unpaired) electrons. The molecule has 1 saturated carbocycles. The monoisotopic (exact) mass is 473 g/mol. The number of rotatable bonds is 5. The Morgan fingerprint density at radius 3 is 2.65 bits per heavy atom. The molecule has 1 aliphatic rings. The van der Waals surface area contributed by atoms with Gasteiger partial charge in [0.05, 0.1) is 12.1 Å². The SMILES string of the molecule is COc1ccc2c(Cl)c(C(=O)NC(=S)Nc3ccc(C)c(NC(=O)C4CC4)c3)sc2c1. The van der Waals surface area contributed by atoms with Crippen molar-refractivity contribution in [3.8, 4) is 5.75 Å². The lowest BCUT2D eigenvalue weighted by atomic mass is 10.1. The first-order valence-corrected chi connectivity index (χ1v) is 11.3. The fourth-order valence-electron chi connectivity index (χ4n) is 3.06. The molecule has 4 rings (SSSR count). The number of anilines is 2. The lowest BCUT2D eigenvalue weighted by molar-refractivity contribution is -0.117. The molecular weight excluding hydrogens is 454 g/mol. The third-order valence-corrected chi connectivity index (χ3v) is 6.83. The number of ether oxygens (including phenoxy) is 1. The number of fused-ring (bicyclic) bond motifs is 1. The minimum absolute atomic E-state index is 0.0344. The van der Waals surface area contributed by atoms with Gasteiger partial charge in [-0.15, -0.1) is 11.3 Å². The van der Waals surface area contributed by atoms with E-state index in [9.17, 15) is 9.59 Å². The van der Waals surface area contributed by atoms with E-state index in [2.05, 4.69) is 16.0 Å². The Hall–Kier alpha value is -2.68. The van der Waals surface area contributed by atoms with Crippen LogP contribution in [0.2, 0.25) is 5.02 Å². The average Bonchev–Trinajstić information content (AvgIpc) is 3.54. The highest BCUT2D eigenvalue weighted by Gasteiger charge is 2.29. The maximum atomic E-state index is 12.7. The Balaban J connectivity index is 1.45. The molecule has 0 aliphatic heterocycles. The zero-order valence-corrected chi connectivity index (χ0v) is 19.3. The summed E-state index contributed by atoms with van der Waals surface area (Å²) in [7, 11) is 1.59. The van der Waals surface area contributed by atoms with Gasteiger partial charge in [0.2, 0.25) is 5.91 Å². The van der Waals surface area contributed by atoms with Gasteiger partial charge >= 0.3 is 0 Å². The number of methoxy groups -OCH3 is 1. The minimum Gasteiger partial charge on any atom is -0.497 e. The van der Waals surface area contributed by atoms with Crippen molar-refractivity contribution in [2.75, 3.05) is 17.7 Å². The summed E-state index contributed by atoms with van der Waals surface area (Å²) in [6, 6.07) is 11.0. The van der Waals surface area contributed by atoms with Crippen LogP contribution in [0.4, 0.5) is 11.4 Å². The molecule has 31 heavy (non-hydrogen) atoms. The third kappa shape index (κ3) is 4.81. The van der Waals surface area contributed by atoms with Gasteiger partial charge in [0.15, 0.2) is 5.11 Å². The molecule has 0 unspecified atom stereocenters. The molecule has 3 N–H and O–H groups in total. The van der Waals surface area contributed by atoms with Gasteiger partial charge in [-0.3, -0.25) is 14.9 Å². The number of carbonyl (C=O) groups is 2. The van der Waals surface area contributed by atoms with Crippen molar-refractivity contribution in [2.45, 2.75) is 19.8 Å². The molecule has 1 fully saturated rings. The quantitative estimate of drug-likeness (QED) is 0.435. The van der Waals surface area contributed by atoms with E-state index < -0.39 is 5.91 Å². The van der Waals surface area contributed by atoms with Gasteiger partial charge in [-0.1, -0.05) is 17.7 Å². The Bertz CT molecular complexity index is 1200. The van der Waals surface area contributed by atoms with Gasteiger partial charge in [0, 0.05) is 27.4 Å². The Kier molecular flexibility index (Phi) is 6.13. The molecule has 3 aromatic rings. The van der Waals surface area contributed by atoms with Crippen LogP contribution in [0, 0.1) is 12.8 Å². The van der Waals surface area contributed by atoms with Crippen LogP contribution >= 0.6 is 35.2 Å². The zero-order chi connectivity index (χ0) is 22.1. The van der Waals surface area contributed by atoms with E-state index in [0.717, 1.165) is 34.2 Å². The summed E-state index contributed by atoms with van der Waals surface area (Å²) in [6.45, 7) is 1.92. The number of hydrogen-bond donors (Lipinski definition) is 3. The number of aryl methyl sites for hydroxylation is 1. The van der Waals surface area contributed by atoms with Crippen LogP contribution in [0.5, 0.6) is 5.75 Å². The maximum absolute atomic E-state index is 12.7. The first-order valence-electron chi connectivity index (χ1n) is 9.65. The normalized spacial score (nSPS) is 13.0. The van der Waals surface area contributed by atoms with Crippen molar-refractivity contribution in [1.82, 2.24) is 5.32 Å². The largest absolute Gasteiger partial charge is 0.497 e. The van der Waals surface area contributed by atoms with E-state index in [1.807, 2.05) is 31.2 Å². The minimum atomic E-state index is -0.392. The summed E-state index contributed by atoms with van der Waals surface area (Å²) in [5, 5.41) is 9.90. The van der Waals surface area contributed by atoms with Crippen LogP contribution in [-0.4, -0.2) is 24.0 Å². The number of hydrogen-bond acceptors (Lipinski definition) is 5. The van der Waals surface area contributed by atoms with E-state index in [4.69, 9.17) is 28.6 Å². The molecular formula is C22H20ClN3O3S2. The molecule has 0 atom stereocenters. The molecule has 1 heterocycles. The molecule has 6 nitrogen and oxygen atoms in total. The van der Waals surface area contributed by atoms with Crippen molar-refractivity contribution in [2.24, 2.45) is 5.92 Å². The summed E-state index contributed by atoms with van der Waals surface area (Å²) >= 11 is 13.0. The van der Waals surface area contributed by atoms with Crippen LogP contribution in [0.1, 0.15) is 28.1 Å². The predicted octanol–water partition coefficient (Wildman–Crippen LogP) is 5.35. The first-order chi connectivity index (χ1) is 14.9. The molecule has 0 bridgehead atoms. The first kappa shape index (κ1) is 21.5. The van der Waals surface area contributed by atoms with Crippen molar-refractivity contribution in [3.63, 3.8) is 0 Å². The predicted molar refractivity (Wildman–Crippen MR) is 130 cm³/mol. The number of nitrogens with one attached hydrogen (secondary N) is 3. The van der Waals surface area contributed by atoms with Gasteiger partial charge < -0.3 is 15.4 Å². The van der Waals surface area contributed by atoms with Gasteiger partial charge in [-0.05, 0) is 67.9 Å². The maximum Gasteiger partial charge on any atom is 0.269 e. The molecule has 0 saturated heterocycles. The third-order valence-electron chi connectivity index (χ3n) is 4.97. The second kappa shape index (κ2) is 8.82. The molecule has 0 spiro atoms. The number of thiocarbonyl (C=S) groups is 1. The van der Waals surface area contributed by atoms with Crippen molar-refractivity contribution < 1.29 is 14.3 Å². The molecule has 9 heteroatoms. The van der Waals surface area contributed by atoms with Crippen molar-refractivity contribution in [3.05, 3.63) is 51.9 Å². The van der Waals surface area contributed by atoms with E-state index in [1.165, 1.54) is 11.3 Å². The zero-order valence-electron chi connectivity index (χ0n) is 16.9. The van der Waals surface area contributed by atoms with Gasteiger partial charge in [-0.25, -0.2) is 0 Å². The number of halogens is 1. The van der Waals surface area contributed by atoms with E-state index in [-0.39, 0.29) is 16.9 Å². The number of benzene rings is 2.